The van der Waals surface area contributed by atoms with Crippen molar-refractivity contribution in [3.63, 3.8) is 0 Å². The van der Waals surface area contributed by atoms with Gasteiger partial charge in [-0.05, 0) is 24.6 Å². The molecule has 0 aliphatic rings. The SMILES string of the molecule is Cc1cc[n+](CCCOCC[n+]2ccc(Sc3ccccc3)cc2)cc1. The Morgan fingerprint density at radius 3 is 2.08 bits per heavy atom. The lowest BCUT2D eigenvalue weighted by Gasteiger charge is -2.03. The lowest BCUT2D eigenvalue weighted by molar-refractivity contribution is -0.700. The minimum absolute atomic E-state index is 0.744. The molecule has 3 aromatic rings. The van der Waals surface area contributed by atoms with Crippen LogP contribution in [-0.4, -0.2) is 13.2 Å². The van der Waals surface area contributed by atoms with Crippen LogP contribution in [0.5, 0.6) is 0 Å². The van der Waals surface area contributed by atoms with Crippen molar-refractivity contribution in [3.8, 4) is 0 Å². The summed E-state index contributed by atoms with van der Waals surface area (Å²) in [5.74, 6) is 0. The monoisotopic (exact) mass is 366 g/mol. The molecule has 0 atom stereocenters. The van der Waals surface area contributed by atoms with Gasteiger partial charge in [0.1, 0.15) is 6.61 Å². The first-order valence-electron chi connectivity index (χ1n) is 9.05. The van der Waals surface area contributed by atoms with E-state index in [1.165, 1.54) is 15.4 Å². The van der Waals surface area contributed by atoms with Crippen molar-refractivity contribution in [2.75, 3.05) is 13.2 Å². The Morgan fingerprint density at radius 1 is 0.731 bits per heavy atom. The summed E-state index contributed by atoms with van der Waals surface area (Å²) in [5.41, 5.74) is 1.29. The fourth-order valence-corrected chi connectivity index (χ4v) is 3.41. The lowest BCUT2D eigenvalue weighted by atomic mass is 10.3. The summed E-state index contributed by atoms with van der Waals surface area (Å²) in [4.78, 5) is 2.52. The quantitative estimate of drug-likeness (QED) is 0.423. The van der Waals surface area contributed by atoms with Gasteiger partial charge < -0.3 is 4.74 Å². The van der Waals surface area contributed by atoms with E-state index in [0.29, 0.717) is 0 Å². The zero-order chi connectivity index (χ0) is 18.0. The summed E-state index contributed by atoms with van der Waals surface area (Å²) < 4.78 is 10.1. The van der Waals surface area contributed by atoms with Gasteiger partial charge in [0, 0.05) is 40.5 Å². The molecule has 0 amide bonds. The number of aryl methyl sites for hydroxylation is 2. The predicted molar refractivity (Wildman–Crippen MR) is 104 cm³/mol. The molecule has 0 radical (unpaired) electrons. The van der Waals surface area contributed by atoms with Gasteiger partial charge in [-0.3, -0.25) is 0 Å². The second-order valence-corrected chi connectivity index (χ2v) is 7.41. The number of pyridine rings is 2. The highest BCUT2D eigenvalue weighted by atomic mass is 32.2. The molecule has 0 unspecified atom stereocenters. The molecule has 0 N–H and O–H groups in total. The van der Waals surface area contributed by atoms with E-state index >= 15 is 0 Å². The van der Waals surface area contributed by atoms with E-state index in [-0.39, 0.29) is 0 Å². The third-order valence-electron chi connectivity index (χ3n) is 4.10. The van der Waals surface area contributed by atoms with E-state index in [9.17, 15) is 0 Å². The van der Waals surface area contributed by atoms with Gasteiger partial charge in [-0.1, -0.05) is 30.0 Å². The number of aromatic nitrogens is 2. The average Bonchev–Trinajstić information content (AvgIpc) is 2.68. The summed E-state index contributed by atoms with van der Waals surface area (Å²) in [6.07, 6.45) is 9.53. The molecule has 0 saturated heterocycles. The topological polar surface area (TPSA) is 17.0 Å². The zero-order valence-electron chi connectivity index (χ0n) is 15.3. The Morgan fingerprint density at radius 2 is 1.35 bits per heavy atom. The first-order valence-corrected chi connectivity index (χ1v) is 9.87. The van der Waals surface area contributed by atoms with Crippen LogP contribution in [0, 0.1) is 6.92 Å². The molecular weight excluding hydrogens is 340 g/mol. The third kappa shape index (κ3) is 6.28. The maximum atomic E-state index is 5.77. The Balaban J connectivity index is 1.33. The number of hydrogen-bond donors (Lipinski definition) is 0. The van der Waals surface area contributed by atoms with Crippen LogP contribution < -0.4 is 9.13 Å². The van der Waals surface area contributed by atoms with Gasteiger partial charge in [0.05, 0.1) is 6.61 Å². The minimum atomic E-state index is 0.744. The van der Waals surface area contributed by atoms with E-state index in [2.05, 4.69) is 89.4 Å². The van der Waals surface area contributed by atoms with Crippen LogP contribution in [0.4, 0.5) is 0 Å². The fraction of sp³-hybridized carbons (Fsp3) is 0.273. The molecule has 2 aromatic heterocycles. The highest BCUT2D eigenvalue weighted by Crippen LogP contribution is 2.25. The van der Waals surface area contributed by atoms with Gasteiger partial charge >= 0.3 is 0 Å². The van der Waals surface area contributed by atoms with E-state index in [4.69, 9.17) is 4.74 Å². The first-order chi connectivity index (χ1) is 12.8. The molecule has 134 valence electrons. The first kappa shape index (κ1) is 18.6. The Kier molecular flexibility index (Phi) is 7.23. The number of rotatable bonds is 9. The molecule has 0 aliphatic heterocycles. The van der Waals surface area contributed by atoms with Crippen molar-refractivity contribution >= 4 is 11.8 Å². The molecule has 0 spiro atoms. The van der Waals surface area contributed by atoms with Crippen LogP contribution in [0.25, 0.3) is 0 Å². The summed E-state index contributed by atoms with van der Waals surface area (Å²) in [7, 11) is 0. The molecule has 26 heavy (non-hydrogen) atoms. The molecule has 3 rings (SSSR count). The van der Waals surface area contributed by atoms with Crippen molar-refractivity contribution in [3.05, 3.63) is 84.9 Å². The number of ether oxygens (including phenoxy) is 1. The van der Waals surface area contributed by atoms with Crippen LogP contribution in [-0.2, 0) is 17.8 Å². The van der Waals surface area contributed by atoms with Gasteiger partial charge in [-0.25, -0.2) is 9.13 Å². The third-order valence-corrected chi connectivity index (χ3v) is 5.11. The van der Waals surface area contributed by atoms with Gasteiger partial charge in [-0.15, -0.1) is 0 Å². The van der Waals surface area contributed by atoms with Gasteiger partial charge in [0.2, 0.25) is 0 Å². The molecule has 2 heterocycles. The highest BCUT2D eigenvalue weighted by molar-refractivity contribution is 7.99. The second kappa shape index (κ2) is 10.1. The van der Waals surface area contributed by atoms with Gasteiger partial charge in [0.25, 0.3) is 0 Å². The van der Waals surface area contributed by atoms with E-state index in [0.717, 1.165) is 32.7 Å². The van der Waals surface area contributed by atoms with Crippen molar-refractivity contribution in [1.82, 2.24) is 0 Å². The van der Waals surface area contributed by atoms with Crippen LogP contribution in [0.2, 0.25) is 0 Å². The van der Waals surface area contributed by atoms with Crippen molar-refractivity contribution in [1.29, 1.82) is 0 Å². The summed E-state index contributed by atoms with van der Waals surface area (Å²) in [5, 5.41) is 0. The predicted octanol–water partition coefficient (Wildman–Crippen LogP) is 3.83. The van der Waals surface area contributed by atoms with Gasteiger partial charge in [-0.2, -0.15) is 0 Å². The molecule has 0 saturated carbocycles. The van der Waals surface area contributed by atoms with Crippen LogP contribution in [0.15, 0.2) is 89.2 Å². The Labute approximate surface area is 160 Å². The molecule has 0 bridgehead atoms. The summed E-state index contributed by atoms with van der Waals surface area (Å²) in [6, 6.07) is 19.0. The Bertz CT molecular complexity index is 774. The normalized spacial score (nSPS) is 10.8. The summed E-state index contributed by atoms with van der Waals surface area (Å²) >= 11 is 1.78. The maximum Gasteiger partial charge on any atom is 0.171 e. The largest absolute Gasteiger partial charge is 0.375 e. The van der Waals surface area contributed by atoms with Crippen molar-refractivity contribution in [2.24, 2.45) is 0 Å². The van der Waals surface area contributed by atoms with Crippen LogP contribution >= 0.6 is 11.8 Å². The highest BCUT2D eigenvalue weighted by Gasteiger charge is 2.04. The Hall–Kier alpha value is -2.17. The molecule has 0 aliphatic carbocycles. The second-order valence-electron chi connectivity index (χ2n) is 6.27. The smallest absolute Gasteiger partial charge is 0.171 e. The van der Waals surface area contributed by atoms with Gasteiger partial charge in [0.15, 0.2) is 37.9 Å². The number of benzene rings is 1. The number of hydrogen-bond acceptors (Lipinski definition) is 2. The molecule has 1 aromatic carbocycles. The maximum absolute atomic E-state index is 5.77. The minimum Gasteiger partial charge on any atom is -0.375 e. The van der Waals surface area contributed by atoms with Crippen LogP contribution in [0.1, 0.15) is 12.0 Å². The molecule has 3 nitrogen and oxygen atoms in total. The lowest BCUT2D eigenvalue weighted by Crippen LogP contribution is -2.35. The van der Waals surface area contributed by atoms with Crippen LogP contribution in [0.3, 0.4) is 0 Å². The van der Waals surface area contributed by atoms with Crippen molar-refractivity contribution in [2.45, 2.75) is 36.2 Å². The van der Waals surface area contributed by atoms with Crippen molar-refractivity contribution < 1.29 is 13.9 Å². The van der Waals surface area contributed by atoms with E-state index < -0.39 is 0 Å². The fourth-order valence-electron chi connectivity index (χ4n) is 2.59. The van der Waals surface area contributed by atoms with E-state index in [1.54, 1.807) is 11.8 Å². The number of nitrogens with zero attached hydrogens (tertiary/aromatic N) is 2. The summed E-state index contributed by atoms with van der Waals surface area (Å²) in [6.45, 7) is 5.53. The molecule has 4 heteroatoms. The zero-order valence-corrected chi connectivity index (χ0v) is 16.1. The molecule has 0 fully saturated rings. The standard InChI is InChI=1S/C22H26N2OS/c1-20-8-13-23(14-9-20)12-5-18-25-19-17-24-15-10-22(11-16-24)26-21-6-3-2-4-7-21/h2-4,6-11,13-16H,5,12,17-19H2,1H3/q+2. The van der Waals surface area contributed by atoms with E-state index in [1.807, 2.05) is 6.07 Å². The average molecular weight is 367 g/mol. The molecular formula is C22H26N2OS+2.